The quantitative estimate of drug-likeness (QED) is 0.843. The maximum Gasteiger partial charge on any atom is 0.123 e. The molecule has 24 heavy (non-hydrogen) atoms. The minimum absolute atomic E-state index is 0.0252. The molecule has 0 aliphatic carbocycles. The van der Waals surface area contributed by atoms with Crippen LogP contribution in [0.3, 0.4) is 0 Å². The number of nitrogens with zero attached hydrogens (tertiary/aromatic N) is 2. The van der Waals surface area contributed by atoms with E-state index in [-0.39, 0.29) is 11.2 Å². The van der Waals surface area contributed by atoms with Gasteiger partial charge in [-0.05, 0) is 76.0 Å². The third-order valence-electron chi connectivity index (χ3n) is 6.28. The summed E-state index contributed by atoms with van der Waals surface area (Å²) in [5, 5.41) is 0. The third kappa shape index (κ3) is 3.37. The Kier molecular flexibility index (Phi) is 4.88. The zero-order valence-electron chi connectivity index (χ0n) is 14.6. The standard InChI is InChI=1S/C20H29FN2O/c21-18-5-3-4-17(14-18)20(8-13-24-16-20)15-22-11-6-19(7-12-22)23-9-1-2-10-23/h3-5,14,19H,1-2,6-13,15-16H2/t20-/m1/s1. The molecule has 3 saturated heterocycles. The second kappa shape index (κ2) is 7.11. The number of halogens is 1. The first-order valence-corrected chi connectivity index (χ1v) is 9.55. The molecule has 0 spiro atoms. The van der Waals surface area contributed by atoms with Crippen LogP contribution in [0.1, 0.15) is 37.7 Å². The van der Waals surface area contributed by atoms with E-state index in [1.54, 1.807) is 6.07 Å². The molecule has 3 nitrogen and oxygen atoms in total. The first-order valence-electron chi connectivity index (χ1n) is 9.55. The lowest BCUT2D eigenvalue weighted by Gasteiger charge is -2.40. The molecule has 3 heterocycles. The highest BCUT2D eigenvalue weighted by atomic mass is 19.1. The first kappa shape index (κ1) is 16.5. The van der Waals surface area contributed by atoms with Gasteiger partial charge in [-0.25, -0.2) is 4.39 Å². The van der Waals surface area contributed by atoms with Crippen LogP contribution in [0.2, 0.25) is 0 Å². The molecular weight excluding hydrogens is 303 g/mol. The molecule has 0 unspecified atom stereocenters. The van der Waals surface area contributed by atoms with Gasteiger partial charge in [0, 0.05) is 24.6 Å². The van der Waals surface area contributed by atoms with Crippen LogP contribution in [0.5, 0.6) is 0 Å². The number of ether oxygens (including phenoxy) is 1. The van der Waals surface area contributed by atoms with Gasteiger partial charge in [0.25, 0.3) is 0 Å². The van der Waals surface area contributed by atoms with Gasteiger partial charge in [-0.15, -0.1) is 0 Å². The summed E-state index contributed by atoms with van der Waals surface area (Å²) < 4.78 is 19.5. The van der Waals surface area contributed by atoms with Gasteiger partial charge in [-0.2, -0.15) is 0 Å². The Labute approximate surface area is 144 Å². The zero-order chi connectivity index (χ0) is 16.4. The van der Waals surface area contributed by atoms with Crippen LogP contribution in [0, 0.1) is 5.82 Å². The summed E-state index contributed by atoms with van der Waals surface area (Å²) in [5.41, 5.74) is 1.09. The topological polar surface area (TPSA) is 15.7 Å². The number of benzene rings is 1. The molecule has 1 atom stereocenters. The summed E-state index contributed by atoms with van der Waals surface area (Å²) in [4.78, 5) is 5.28. The van der Waals surface area contributed by atoms with Gasteiger partial charge in [0.2, 0.25) is 0 Å². The second-order valence-electron chi connectivity index (χ2n) is 7.84. The maximum atomic E-state index is 13.7. The van der Waals surface area contributed by atoms with E-state index in [1.807, 2.05) is 6.07 Å². The number of hydrogen-bond acceptors (Lipinski definition) is 3. The summed E-state index contributed by atoms with van der Waals surface area (Å²) >= 11 is 0. The molecule has 0 saturated carbocycles. The van der Waals surface area contributed by atoms with Crippen molar-refractivity contribution < 1.29 is 9.13 Å². The van der Waals surface area contributed by atoms with Crippen molar-refractivity contribution in [1.29, 1.82) is 0 Å². The Morgan fingerprint density at radius 1 is 1.12 bits per heavy atom. The fourth-order valence-corrected chi connectivity index (χ4v) is 4.85. The van der Waals surface area contributed by atoms with E-state index in [2.05, 4.69) is 15.9 Å². The first-order chi connectivity index (χ1) is 11.8. The predicted octanol–water partition coefficient (Wildman–Crippen LogP) is 3.04. The lowest BCUT2D eigenvalue weighted by molar-refractivity contribution is 0.0989. The Morgan fingerprint density at radius 3 is 2.58 bits per heavy atom. The Hall–Kier alpha value is -0.970. The van der Waals surface area contributed by atoms with Gasteiger partial charge in [0.05, 0.1) is 6.61 Å². The predicted molar refractivity (Wildman–Crippen MR) is 93.8 cm³/mol. The smallest absolute Gasteiger partial charge is 0.123 e. The highest BCUT2D eigenvalue weighted by molar-refractivity contribution is 5.28. The van der Waals surface area contributed by atoms with Crippen molar-refractivity contribution in [2.24, 2.45) is 0 Å². The zero-order valence-corrected chi connectivity index (χ0v) is 14.6. The number of hydrogen-bond donors (Lipinski definition) is 0. The molecule has 132 valence electrons. The Bertz CT molecular complexity index is 544. The average Bonchev–Trinajstić information content (AvgIpc) is 3.28. The van der Waals surface area contributed by atoms with Crippen molar-refractivity contribution in [3.63, 3.8) is 0 Å². The fourth-order valence-electron chi connectivity index (χ4n) is 4.85. The van der Waals surface area contributed by atoms with E-state index in [4.69, 9.17) is 4.74 Å². The summed E-state index contributed by atoms with van der Waals surface area (Å²) in [6.45, 7) is 7.44. The number of likely N-dealkylation sites (tertiary alicyclic amines) is 2. The van der Waals surface area contributed by atoms with E-state index >= 15 is 0 Å². The maximum absolute atomic E-state index is 13.7. The summed E-state index contributed by atoms with van der Waals surface area (Å²) in [6.07, 6.45) is 6.31. The van der Waals surface area contributed by atoms with Crippen LogP contribution in [-0.2, 0) is 10.2 Å². The van der Waals surface area contributed by atoms with Crippen molar-refractivity contribution in [3.05, 3.63) is 35.6 Å². The Morgan fingerprint density at radius 2 is 1.92 bits per heavy atom. The molecule has 3 aliphatic rings. The van der Waals surface area contributed by atoms with Gasteiger partial charge >= 0.3 is 0 Å². The van der Waals surface area contributed by atoms with Gasteiger partial charge in [-0.3, -0.25) is 0 Å². The summed E-state index contributed by atoms with van der Waals surface area (Å²) in [6, 6.07) is 7.95. The van der Waals surface area contributed by atoms with Gasteiger partial charge in [0.15, 0.2) is 0 Å². The van der Waals surface area contributed by atoms with Crippen molar-refractivity contribution in [3.8, 4) is 0 Å². The van der Waals surface area contributed by atoms with E-state index < -0.39 is 0 Å². The van der Waals surface area contributed by atoms with Crippen LogP contribution in [0.15, 0.2) is 24.3 Å². The molecule has 0 radical (unpaired) electrons. The molecule has 3 fully saturated rings. The van der Waals surface area contributed by atoms with E-state index in [0.29, 0.717) is 0 Å². The van der Waals surface area contributed by atoms with Crippen LogP contribution in [0.4, 0.5) is 4.39 Å². The lowest BCUT2D eigenvalue weighted by Crippen LogP contribution is -2.48. The molecule has 0 aromatic heterocycles. The van der Waals surface area contributed by atoms with E-state index in [1.165, 1.54) is 44.8 Å². The second-order valence-corrected chi connectivity index (χ2v) is 7.84. The van der Waals surface area contributed by atoms with Crippen molar-refractivity contribution in [1.82, 2.24) is 9.80 Å². The van der Waals surface area contributed by atoms with Crippen LogP contribution >= 0.6 is 0 Å². The normalized spacial score (nSPS) is 30.2. The largest absolute Gasteiger partial charge is 0.380 e. The molecule has 1 aromatic rings. The molecule has 0 N–H and O–H groups in total. The Balaban J connectivity index is 1.41. The molecule has 4 rings (SSSR count). The summed E-state index contributed by atoms with van der Waals surface area (Å²) in [5.74, 6) is -0.133. The average molecular weight is 332 g/mol. The van der Waals surface area contributed by atoms with Crippen LogP contribution in [0.25, 0.3) is 0 Å². The number of rotatable bonds is 4. The van der Waals surface area contributed by atoms with Gasteiger partial charge in [0.1, 0.15) is 5.82 Å². The molecule has 0 amide bonds. The van der Waals surface area contributed by atoms with E-state index in [9.17, 15) is 4.39 Å². The van der Waals surface area contributed by atoms with Gasteiger partial charge in [-0.1, -0.05) is 12.1 Å². The molecule has 3 aliphatic heterocycles. The minimum atomic E-state index is -0.133. The highest BCUT2D eigenvalue weighted by Gasteiger charge is 2.39. The van der Waals surface area contributed by atoms with Crippen LogP contribution < -0.4 is 0 Å². The monoisotopic (exact) mass is 332 g/mol. The fraction of sp³-hybridized carbons (Fsp3) is 0.700. The van der Waals surface area contributed by atoms with E-state index in [0.717, 1.165) is 50.9 Å². The van der Waals surface area contributed by atoms with Crippen LogP contribution in [-0.4, -0.2) is 61.8 Å². The lowest BCUT2D eigenvalue weighted by atomic mass is 9.79. The minimum Gasteiger partial charge on any atom is -0.380 e. The SMILES string of the molecule is Fc1cccc([C@@]2(CN3CCC(N4CCCC4)CC3)CCOC2)c1. The van der Waals surface area contributed by atoms with Crippen molar-refractivity contribution in [2.75, 3.05) is 45.9 Å². The third-order valence-corrected chi connectivity index (χ3v) is 6.28. The molecular formula is C20H29FN2O. The van der Waals surface area contributed by atoms with Crippen molar-refractivity contribution >= 4 is 0 Å². The molecule has 1 aromatic carbocycles. The number of piperidine rings is 1. The summed E-state index contributed by atoms with van der Waals surface area (Å²) in [7, 11) is 0. The van der Waals surface area contributed by atoms with Gasteiger partial charge < -0.3 is 14.5 Å². The molecule has 0 bridgehead atoms. The highest BCUT2D eigenvalue weighted by Crippen LogP contribution is 2.35. The molecule has 4 heteroatoms. The van der Waals surface area contributed by atoms with Crippen molar-refractivity contribution in [2.45, 2.75) is 43.6 Å².